The Morgan fingerprint density at radius 1 is 1.00 bits per heavy atom. The van der Waals surface area contributed by atoms with Crippen LogP contribution in [0.5, 0.6) is 0 Å². The number of benzene rings is 2. The van der Waals surface area contributed by atoms with Crippen molar-refractivity contribution in [3.8, 4) is 0 Å². The largest absolute Gasteiger partial charge is 0.351 e. The second-order valence-electron chi connectivity index (χ2n) is 6.27. The minimum atomic E-state index is -3.25. The summed E-state index contributed by atoms with van der Waals surface area (Å²) in [5.41, 5.74) is 1.65. The van der Waals surface area contributed by atoms with Gasteiger partial charge in [-0.05, 0) is 35.7 Å². The molecule has 0 unspecified atom stereocenters. The number of hydrogen-bond donors (Lipinski definition) is 1. The van der Waals surface area contributed by atoms with Crippen molar-refractivity contribution in [1.29, 1.82) is 0 Å². The molecule has 0 fully saturated rings. The third-order valence-corrected chi connectivity index (χ3v) is 5.19. The van der Waals surface area contributed by atoms with Crippen LogP contribution in [0, 0.1) is 5.92 Å². The number of rotatable bonds is 6. The molecule has 0 saturated heterocycles. The van der Waals surface area contributed by atoms with Crippen LogP contribution in [-0.4, -0.2) is 27.1 Å². The van der Waals surface area contributed by atoms with E-state index in [0.29, 0.717) is 18.0 Å². The summed E-state index contributed by atoms with van der Waals surface area (Å²) in [4.78, 5) is 12.5. The Balaban J connectivity index is 2.06. The van der Waals surface area contributed by atoms with Crippen molar-refractivity contribution >= 4 is 15.7 Å². The van der Waals surface area contributed by atoms with E-state index in [2.05, 4.69) is 31.3 Å². The molecule has 4 nitrogen and oxygen atoms in total. The Bertz CT molecular complexity index is 781. The monoisotopic (exact) mass is 345 g/mol. The highest BCUT2D eigenvalue weighted by Crippen LogP contribution is 2.23. The molecule has 0 heterocycles. The van der Waals surface area contributed by atoms with Gasteiger partial charge in [0.15, 0.2) is 9.84 Å². The molecule has 2 rings (SSSR count). The number of hydrogen-bond acceptors (Lipinski definition) is 3. The number of sulfone groups is 1. The fraction of sp³-hybridized carbons (Fsp3) is 0.316. The van der Waals surface area contributed by atoms with Crippen LogP contribution in [-0.2, 0) is 9.84 Å². The van der Waals surface area contributed by atoms with Gasteiger partial charge >= 0.3 is 0 Å². The molecular formula is C19H23NO3S. The van der Waals surface area contributed by atoms with Crippen molar-refractivity contribution in [2.75, 3.05) is 12.8 Å². The Morgan fingerprint density at radius 3 is 2.08 bits per heavy atom. The summed E-state index contributed by atoms with van der Waals surface area (Å²) in [5.74, 6) is 0.419. The van der Waals surface area contributed by atoms with Gasteiger partial charge in [0.25, 0.3) is 5.91 Å². The second-order valence-corrected chi connectivity index (χ2v) is 8.28. The molecule has 0 aliphatic carbocycles. The normalized spacial score (nSPS) is 12.8. The highest BCUT2D eigenvalue weighted by atomic mass is 32.2. The zero-order chi connectivity index (χ0) is 17.7. The number of carbonyl (C=O) groups is 1. The van der Waals surface area contributed by atoms with E-state index >= 15 is 0 Å². The number of nitrogens with one attached hydrogen (secondary N) is 1. The van der Waals surface area contributed by atoms with E-state index in [0.717, 1.165) is 6.26 Å². The van der Waals surface area contributed by atoms with Gasteiger partial charge < -0.3 is 5.32 Å². The van der Waals surface area contributed by atoms with Gasteiger partial charge in [0.2, 0.25) is 0 Å². The van der Waals surface area contributed by atoms with Gasteiger partial charge in [-0.25, -0.2) is 8.42 Å². The van der Waals surface area contributed by atoms with Crippen molar-refractivity contribution in [2.45, 2.75) is 24.7 Å². The molecule has 128 valence electrons. The number of amides is 1. The quantitative estimate of drug-likeness (QED) is 0.874. The van der Waals surface area contributed by atoms with E-state index in [1.807, 2.05) is 18.2 Å². The average molecular weight is 345 g/mol. The van der Waals surface area contributed by atoms with E-state index in [4.69, 9.17) is 0 Å². The average Bonchev–Trinajstić information content (AvgIpc) is 2.55. The maximum Gasteiger partial charge on any atom is 0.251 e. The van der Waals surface area contributed by atoms with E-state index in [1.54, 1.807) is 12.1 Å². The molecule has 2 aromatic carbocycles. The van der Waals surface area contributed by atoms with Crippen molar-refractivity contribution in [2.24, 2.45) is 5.92 Å². The maximum atomic E-state index is 12.3. The van der Waals surface area contributed by atoms with Gasteiger partial charge in [0.1, 0.15) is 0 Å². The van der Waals surface area contributed by atoms with E-state index in [9.17, 15) is 13.2 Å². The molecule has 1 atom stereocenters. The van der Waals surface area contributed by atoms with E-state index in [1.165, 1.54) is 17.7 Å². The van der Waals surface area contributed by atoms with Crippen LogP contribution in [0.15, 0.2) is 59.5 Å². The molecule has 0 aliphatic rings. The Hall–Kier alpha value is -2.14. The predicted octanol–water partition coefficient (Wildman–Crippen LogP) is 3.26. The van der Waals surface area contributed by atoms with Gasteiger partial charge in [-0.1, -0.05) is 44.2 Å². The molecule has 5 heteroatoms. The van der Waals surface area contributed by atoms with Crippen molar-refractivity contribution in [3.05, 3.63) is 65.7 Å². The van der Waals surface area contributed by atoms with Crippen LogP contribution < -0.4 is 5.32 Å². The molecule has 0 bridgehead atoms. The molecule has 2 aromatic rings. The van der Waals surface area contributed by atoms with Crippen molar-refractivity contribution in [1.82, 2.24) is 5.32 Å². The smallest absolute Gasteiger partial charge is 0.251 e. The lowest BCUT2D eigenvalue weighted by Crippen LogP contribution is -2.30. The zero-order valence-corrected chi connectivity index (χ0v) is 15.0. The summed E-state index contributed by atoms with van der Waals surface area (Å²) in [7, 11) is -3.25. The Kier molecular flexibility index (Phi) is 5.78. The van der Waals surface area contributed by atoms with Crippen molar-refractivity contribution in [3.63, 3.8) is 0 Å². The van der Waals surface area contributed by atoms with Gasteiger partial charge in [-0.2, -0.15) is 0 Å². The first kappa shape index (κ1) is 18.2. The molecule has 0 aromatic heterocycles. The van der Waals surface area contributed by atoms with Crippen molar-refractivity contribution < 1.29 is 13.2 Å². The minimum Gasteiger partial charge on any atom is -0.351 e. The minimum absolute atomic E-state index is 0.198. The summed E-state index contributed by atoms with van der Waals surface area (Å²) >= 11 is 0. The van der Waals surface area contributed by atoms with Crippen LogP contribution in [0.25, 0.3) is 0 Å². The van der Waals surface area contributed by atoms with Gasteiger partial charge in [-0.15, -0.1) is 0 Å². The lowest BCUT2D eigenvalue weighted by Gasteiger charge is -2.22. The third kappa shape index (κ3) is 4.68. The fourth-order valence-corrected chi connectivity index (χ4v) is 3.23. The lowest BCUT2D eigenvalue weighted by molar-refractivity contribution is 0.0949. The van der Waals surface area contributed by atoms with E-state index in [-0.39, 0.29) is 16.7 Å². The molecule has 1 N–H and O–H groups in total. The second kappa shape index (κ2) is 7.62. The Labute approximate surface area is 143 Å². The van der Waals surface area contributed by atoms with Crippen LogP contribution in [0.4, 0.5) is 0 Å². The first-order chi connectivity index (χ1) is 11.3. The summed E-state index contributed by atoms with van der Waals surface area (Å²) < 4.78 is 22.9. The zero-order valence-electron chi connectivity index (χ0n) is 14.2. The van der Waals surface area contributed by atoms with Crippen LogP contribution in [0.1, 0.15) is 35.7 Å². The van der Waals surface area contributed by atoms with Gasteiger partial charge in [0, 0.05) is 24.3 Å². The molecule has 0 aliphatic heterocycles. The summed E-state index contributed by atoms with van der Waals surface area (Å²) in [6, 6.07) is 16.1. The number of carbonyl (C=O) groups excluding carboxylic acids is 1. The first-order valence-electron chi connectivity index (χ1n) is 7.92. The van der Waals surface area contributed by atoms with Crippen LogP contribution in [0.2, 0.25) is 0 Å². The predicted molar refractivity (Wildman–Crippen MR) is 95.9 cm³/mol. The highest BCUT2D eigenvalue weighted by Gasteiger charge is 2.17. The SMILES string of the molecule is CC(C)[C@H](CNC(=O)c1ccc(S(C)(=O)=O)cc1)c1ccccc1. The third-order valence-electron chi connectivity index (χ3n) is 4.06. The molecule has 24 heavy (non-hydrogen) atoms. The molecule has 0 radical (unpaired) electrons. The fourth-order valence-electron chi connectivity index (χ4n) is 2.60. The standard InChI is InChI=1S/C19H23NO3S/c1-14(2)18(15-7-5-4-6-8-15)13-20-19(21)16-9-11-17(12-10-16)24(3,22)23/h4-12,14,18H,13H2,1-3H3,(H,20,21)/t18-/m0/s1. The van der Waals surface area contributed by atoms with Crippen LogP contribution >= 0.6 is 0 Å². The van der Waals surface area contributed by atoms with Gasteiger partial charge in [-0.3, -0.25) is 4.79 Å². The first-order valence-corrected chi connectivity index (χ1v) is 9.81. The maximum absolute atomic E-state index is 12.3. The summed E-state index contributed by atoms with van der Waals surface area (Å²) in [6.07, 6.45) is 1.15. The Morgan fingerprint density at radius 2 is 1.58 bits per heavy atom. The lowest BCUT2D eigenvalue weighted by atomic mass is 9.88. The van der Waals surface area contributed by atoms with Gasteiger partial charge in [0.05, 0.1) is 4.90 Å². The summed E-state index contributed by atoms with van der Waals surface area (Å²) in [6.45, 7) is 4.80. The molecule has 0 saturated carbocycles. The van der Waals surface area contributed by atoms with E-state index < -0.39 is 9.84 Å². The summed E-state index contributed by atoms with van der Waals surface area (Å²) in [5, 5.41) is 2.95. The molecule has 1 amide bonds. The topological polar surface area (TPSA) is 63.2 Å². The molecule has 0 spiro atoms. The van der Waals surface area contributed by atoms with Crippen LogP contribution in [0.3, 0.4) is 0 Å². The molecular weight excluding hydrogens is 322 g/mol. The highest BCUT2D eigenvalue weighted by molar-refractivity contribution is 7.90.